The summed E-state index contributed by atoms with van der Waals surface area (Å²) in [5.74, 6) is 0.282. The summed E-state index contributed by atoms with van der Waals surface area (Å²) in [5, 5.41) is 3.00. The quantitative estimate of drug-likeness (QED) is 0.876. The third-order valence-electron chi connectivity index (χ3n) is 2.48. The zero-order valence-corrected chi connectivity index (χ0v) is 14.3. The van der Waals surface area contributed by atoms with E-state index in [1.807, 2.05) is 27.8 Å². The molecule has 6 heteroatoms. The summed E-state index contributed by atoms with van der Waals surface area (Å²) in [6.07, 6.45) is 2.41. The molecule has 0 radical (unpaired) electrons. The van der Waals surface area contributed by atoms with Gasteiger partial charge in [0.15, 0.2) is 0 Å². The van der Waals surface area contributed by atoms with E-state index in [1.165, 1.54) is 24.3 Å². The average molecular weight is 321 g/mol. The van der Waals surface area contributed by atoms with Gasteiger partial charge in [0, 0.05) is 18.3 Å². The molecule has 1 aromatic carbocycles. The van der Waals surface area contributed by atoms with Crippen molar-refractivity contribution in [3.8, 4) is 5.88 Å². The summed E-state index contributed by atoms with van der Waals surface area (Å²) < 4.78 is 17.2. The number of hydrogen-bond acceptors (Lipinski definition) is 5. The second-order valence-electron chi connectivity index (χ2n) is 4.17. The fourth-order valence-corrected chi connectivity index (χ4v) is 1.47. The minimum atomic E-state index is -0.319. The number of halogens is 1. The molecule has 1 N–H and O–H groups in total. The van der Waals surface area contributed by atoms with Crippen molar-refractivity contribution in [1.82, 2.24) is 15.3 Å². The number of nitrogens with zero attached hydrogens (tertiary/aromatic N) is 2. The second kappa shape index (κ2) is 12.2. The highest BCUT2D eigenvalue weighted by Crippen LogP contribution is 2.11. The molecule has 0 aliphatic carbocycles. The van der Waals surface area contributed by atoms with Crippen molar-refractivity contribution in [2.24, 2.45) is 0 Å². The van der Waals surface area contributed by atoms with Crippen molar-refractivity contribution >= 4 is 6.29 Å². The summed E-state index contributed by atoms with van der Waals surface area (Å²) in [6.45, 7) is 6.56. The van der Waals surface area contributed by atoms with E-state index < -0.39 is 0 Å². The lowest BCUT2D eigenvalue weighted by Crippen LogP contribution is -2.09. The lowest BCUT2D eigenvalue weighted by atomic mass is 10.2. The topological polar surface area (TPSA) is 64.1 Å². The van der Waals surface area contributed by atoms with Crippen LogP contribution >= 0.6 is 0 Å². The molecule has 1 aromatic heterocycles. The number of hydrogen-bond donors (Lipinski definition) is 1. The Kier molecular flexibility index (Phi) is 11.0. The van der Waals surface area contributed by atoms with Gasteiger partial charge < -0.3 is 10.1 Å². The molecule has 2 rings (SSSR count). The molecule has 0 aliphatic rings. The lowest BCUT2D eigenvalue weighted by molar-refractivity contribution is 0.112. The highest BCUT2D eigenvalue weighted by atomic mass is 19.1. The van der Waals surface area contributed by atoms with Crippen LogP contribution in [0.15, 0.2) is 30.5 Å². The number of nitrogens with one attached hydrogen (secondary N) is 1. The van der Waals surface area contributed by atoms with E-state index in [1.54, 1.807) is 13.3 Å². The number of carbonyl (C=O) groups excluding carboxylic acids is 1. The van der Waals surface area contributed by atoms with Gasteiger partial charge in [-0.05, 0) is 38.2 Å². The molecule has 23 heavy (non-hydrogen) atoms. The van der Waals surface area contributed by atoms with E-state index in [-0.39, 0.29) is 5.82 Å². The SMILES string of the molecule is CC.CNCc1ncc(C)nc1OC.O=Cc1ccc(F)cc1. The van der Waals surface area contributed by atoms with Crippen LogP contribution in [0.25, 0.3) is 0 Å². The molecular weight excluding hydrogens is 297 g/mol. The zero-order valence-electron chi connectivity index (χ0n) is 14.3. The van der Waals surface area contributed by atoms with Crippen LogP contribution < -0.4 is 10.1 Å². The zero-order chi connectivity index (χ0) is 17.7. The Bertz CT molecular complexity index is 575. The number of aryl methyl sites for hydroxylation is 1. The summed E-state index contributed by atoms with van der Waals surface area (Å²) in [5.41, 5.74) is 2.20. The molecule has 0 fully saturated rings. The Morgan fingerprint density at radius 3 is 2.35 bits per heavy atom. The van der Waals surface area contributed by atoms with Crippen LogP contribution in [0.1, 0.15) is 35.6 Å². The van der Waals surface area contributed by atoms with Crippen molar-refractivity contribution in [2.45, 2.75) is 27.3 Å². The molecule has 0 saturated heterocycles. The van der Waals surface area contributed by atoms with Gasteiger partial charge in [-0.25, -0.2) is 9.37 Å². The summed E-state index contributed by atoms with van der Waals surface area (Å²) >= 11 is 0. The molecule has 126 valence electrons. The lowest BCUT2D eigenvalue weighted by Gasteiger charge is -2.05. The van der Waals surface area contributed by atoms with E-state index in [9.17, 15) is 9.18 Å². The van der Waals surface area contributed by atoms with E-state index in [4.69, 9.17) is 4.74 Å². The van der Waals surface area contributed by atoms with Crippen LogP contribution in [0.4, 0.5) is 4.39 Å². The summed E-state index contributed by atoms with van der Waals surface area (Å²) in [7, 11) is 3.46. The number of benzene rings is 1. The van der Waals surface area contributed by atoms with Crippen molar-refractivity contribution < 1.29 is 13.9 Å². The third kappa shape index (κ3) is 8.01. The Morgan fingerprint density at radius 2 is 1.87 bits per heavy atom. The van der Waals surface area contributed by atoms with Gasteiger partial charge in [-0.15, -0.1) is 0 Å². The number of methoxy groups -OCH3 is 1. The molecule has 0 saturated carbocycles. The fourth-order valence-electron chi connectivity index (χ4n) is 1.47. The maximum atomic E-state index is 12.1. The van der Waals surface area contributed by atoms with Crippen molar-refractivity contribution in [1.29, 1.82) is 0 Å². The Morgan fingerprint density at radius 1 is 1.26 bits per heavy atom. The van der Waals surface area contributed by atoms with Gasteiger partial charge in [0.25, 0.3) is 0 Å². The molecule has 0 aliphatic heterocycles. The molecular formula is C17H24FN3O2. The second-order valence-corrected chi connectivity index (χ2v) is 4.17. The van der Waals surface area contributed by atoms with Crippen LogP contribution in [-0.4, -0.2) is 30.4 Å². The maximum absolute atomic E-state index is 12.1. The first kappa shape index (κ1) is 20.7. The van der Waals surface area contributed by atoms with E-state index in [0.717, 1.165) is 11.4 Å². The van der Waals surface area contributed by atoms with Gasteiger partial charge in [-0.2, -0.15) is 0 Å². The highest BCUT2D eigenvalue weighted by molar-refractivity contribution is 5.74. The van der Waals surface area contributed by atoms with Crippen molar-refractivity contribution in [3.05, 3.63) is 53.2 Å². The van der Waals surface area contributed by atoms with Crippen molar-refractivity contribution in [3.63, 3.8) is 0 Å². The molecule has 5 nitrogen and oxygen atoms in total. The molecule has 2 aromatic rings. The van der Waals surface area contributed by atoms with Gasteiger partial charge in [-0.3, -0.25) is 9.78 Å². The fraction of sp³-hybridized carbons (Fsp3) is 0.353. The Labute approximate surface area is 136 Å². The first-order valence-electron chi connectivity index (χ1n) is 7.32. The van der Waals surface area contributed by atoms with Crippen LogP contribution in [0.3, 0.4) is 0 Å². The van der Waals surface area contributed by atoms with Gasteiger partial charge in [0.2, 0.25) is 5.88 Å². The van der Waals surface area contributed by atoms with Crippen LogP contribution in [0, 0.1) is 12.7 Å². The molecule has 0 spiro atoms. The van der Waals surface area contributed by atoms with E-state index in [2.05, 4.69) is 15.3 Å². The number of carbonyl (C=O) groups is 1. The molecule has 0 amide bonds. The normalized spacial score (nSPS) is 8.96. The summed E-state index contributed by atoms with van der Waals surface area (Å²) in [4.78, 5) is 18.4. The number of rotatable bonds is 4. The van der Waals surface area contributed by atoms with Gasteiger partial charge >= 0.3 is 0 Å². The average Bonchev–Trinajstić information content (AvgIpc) is 2.60. The summed E-state index contributed by atoms with van der Waals surface area (Å²) in [6, 6.07) is 5.37. The van der Waals surface area contributed by atoms with Crippen LogP contribution in [0.5, 0.6) is 5.88 Å². The van der Waals surface area contributed by atoms with Gasteiger partial charge in [0.1, 0.15) is 17.8 Å². The van der Waals surface area contributed by atoms with E-state index in [0.29, 0.717) is 24.3 Å². The molecule has 0 bridgehead atoms. The highest BCUT2D eigenvalue weighted by Gasteiger charge is 2.04. The first-order valence-corrected chi connectivity index (χ1v) is 7.32. The molecule has 0 unspecified atom stereocenters. The Hall–Kier alpha value is -2.34. The standard InChI is InChI=1S/C8H13N3O.C7H5FO.C2H6/c1-6-4-10-7(5-9-2)8(11-6)12-3;8-7-3-1-6(5-9)2-4-7;1-2/h4,9H,5H2,1-3H3;1-5H;1-2H3. The number of aromatic nitrogens is 2. The van der Waals surface area contributed by atoms with Gasteiger partial charge in [-0.1, -0.05) is 13.8 Å². The monoisotopic (exact) mass is 321 g/mol. The third-order valence-corrected chi connectivity index (χ3v) is 2.48. The predicted octanol–water partition coefficient (Wildman–Crippen LogP) is 3.18. The number of aldehydes is 1. The maximum Gasteiger partial charge on any atom is 0.236 e. The minimum Gasteiger partial charge on any atom is -0.480 e. The van der Waals surface area contributed by atoms with E-state index >= 15 is 0 Å². The minimum absolute atomic E-state index is 0.319. The van der Waals surface area contributed by atoms with Gasteiger partial charge in [0.05, 0.1) is 12.8 Å². The molecule has 0 atom stereocenters. The van der Waals surface area contributed by atoms with Crippen LogP contribution in [-0.2, 0) is 6.54 Å². The smallest absolute Gasteiger partial charge is 0.236 e. The molecule has 1 heterocycles. The van der Waals surface area contributed by atoms with Crippen molar-refractivity contribution in [2.75, 3.05) is 14.2 Å². The number of ether oxygens (including phenoxy) is 1. The van der Waals surface area contributed by atoms with Crippen LogP contribution in [0.2, 0.25) is 0 Å². The first-order chi connectivity index (χ1) is 11.1. The predicted molar refractivity (Wildman–Crippen MR) is 89.2 cm³/mol. The largest absolute Gasteiger partial charge is 0.480 e. The Balaban J connectivity index is 0.000000392.